The molecule has 7 nitrogen and oxygen atoms in total. The smallest absolute Gasteiger partial charge is 0.291 e. The summed E-state index contributed by atoms with van der Waals surface area (Å²) < 4.78 is 7.49. The molecule has 0 spiro atoms. The average molecular weight is 373 g/mol. The van der Waals surface area contributed by atoms with E-state index in [0.717, 1.165) is 22.7 Å². The van der Waals surface area contributed by atoms with Crippen LogP contribution in [0, 0.1) is 13.8 Å². The van der Waals surface area contributed by atoms with Gasteiger partial charge in [-0.05, 0) is 38.1 Å². The zero-order chi connectivity index (χ0) is 19.5. The summed E-state index contributed by atoms with van der Waals surface area (Å²) in [6.07, 6.45) is 0. The topological polar surface area (TPSA) is 81.4 Å². The van der Waals surface area contributed by atoms with Crippen LogP contribution in [0.1, 0.15) is 27.6 Å². The molecule has 2 aromatic heterocycles. The number of fused-ring (bicyclic) bond motifs is 1. The molecule has 0 radical (unpaired) electrons. The van der Waals surface area contributed by atoms with Crippen molar-refractivity contribution in [3.05, 3.63) is 83.4 Å². The first kappa shape index (κ1) is 17.7. The number of para-hydroxylation sites is 2. The summed E-state index contributed by atoms with van der Waals surface area (Å²) in [5.41, 5.74) is 2.56. The van der Waals surface area contributed by atoms with Crippen molar-refractivity contribution in [2.75, 3.05) is 0 Å². The number of hydrogen-bond donors (Lipinski definition) is 1. The molecule has 0 aliphatic rings. The number of ether oxygens (including phenoxy) is 1. The first-order chi connectivity index (χ1) is 13.6. The van der Waals surface area contributed by atoms with E-state index in [2.05, 4.69) is 20.4 Å². The van der Waals surface area contributed by atoms with Crippen LogP contribution < -0.4 is 10.1 Å². The summed E-state index contributed by atoms with van der Waals surface area (Å²) in [4.78, 5) is 21.1. The van der Waals surface area contributed by atoms with Crippen LogP contribution in [0.15, 0.2) is 60.7 Å². The van der Waals surface area contributed by atoms with Crippen LogP contribution in [0.5, 0.6) is 11.5 Å². The van der Waals surface area contributed by atoms with Crippen LogP contribution in [0.3, 0.4) is 0 Å². The zero-order valence-electron chi connectivity index (χ0n) is 15.6. The number of rotatable bonds is 5. The second-order valence-electron chi connectivity index (χ2n) is 6.39. The molecule has 0 atom stereocenters. The normalized spacial score (nSPS) is 10.8. The van der Waals surface area contributed by atoms with E-state index in [0.29, 0.717) is 18.1 Å². The molecule has 0 saturated heterocycles. The third-order valence-electron chi connectivity index (χ3n) is 4.20. The van der Waals surface area contributed by atoms with Crippen LogP contribution in [0.25, 0.3) is 5.78 Å². The van der Waals surface area contributed by atoms with E-state index in [9.17, 15) is 4.79 Å². The molecule has 1 amide bonds. The van der Waals surface area contributed by atoms with Crippen molar-refractivity contribution < 1.29 is 9.53 Å². The van der Waals surface area contributed by atoms with Gasteiger partial charge in [0.1, 0.15) is 11.5 Å². The molecule has 0 aliphatic carbocycles. The molecule has 0 unspecified atom stereocenters. The van der Waals surface area contributed by atoms with Gasteiger partial charge in [0.15, 0.2) is 0 Å². The summed E-state index contributed by atoms with van der Waals surface area (Å²) in [6.45, 7) is 4.07. The van der Waals surface area contributed by atoms with Gasteiger partial charge < -0.3 is 10.1 Å². The molecule has 0 saturated carbocycles. The molecule has 2 aromatic carbocycles. The van der Waals surface area contributed by atoms with Crippen LogP contribution >= 0.6 is 0 Å². The summed E-state index contributed by atoms with van der Waals surface area (Å²) in [6, 6.07) is 19.0. The van der Waals surface area contributed by atoms with Crippen molar-refractivity contribution in [3.63, 3.8) is 0 Å². The van der Waals surface area contributed by atoms with Crippen LogP contribution in [0.4, 0.5) is 0 Å². The van der Waals surface area contributed by atoms with Gasteiger partial charge in [0.2, 0.25) is 5.82 Å². The Morgan fingerprint density at radius 1 is 1.04 bits per heavy atom. The fourth-order valence-electron chi connectivity index (χ4n) is 2.88. The highest BCUT2D eigenvalue weighted by atomic mass is 16.5. The number of aryl methyl sites for hydroxylation is 2. The number of aromatic nitrogens is 4. The maximum Gasteiger partial charge on any atom is 0.291 e. The minimum Gasteiger partial charge on any atom is -0.457 e. The van der Waals surface area contributed by atoms with E-state index in [4.69, 9.17) is 4.74 Å². The Balaban J connectivity index is 1.50. The summed E-state index contributed by atoms with van der Waals surface area (Å²) in [5, 5.41) is 7.11. The fraction of sp³-hybridized carbons (Fsp3) is 0.143. The monoisotopic (exact) mass is 373 g/mol. The van der Waals surface area contributed by atoms with E-state index in [1.807, 2.05) is 74.5 Å². The Bertz CT molecular complexity index is 1140. The first-order valence-corrected chi connectivity index (χ1v) is 8.90. The second kappa shape index (κ2) is 7.48. The van der Waals surface area contributed by atoms with Crippen LogP contribution in [-0.2, 0) is 6.54 Å². The molecule has 4 aromatic rings. The first-order valence-electron chi connectivity index (χ1n) is 8.90. The number of carbonyl (C=O) groups is 1. The number of carbonyl (C=O) groups excluding carboxylic acids is 1. The number of nitrogens with zero attached hydrogens (tertiary/aromatic N) is 4. The van der Waals surface area contributed by atoms with Gasteiger partial charge in [-0.2, -0.15) is 4.98 Å². The maximum atomic E-state index is 12.5. The lowest BCUT2D eigenvalue weighted by molar-refractivity contribution is 0.0940. The minimum absolute atomic E-state index is 0.0858. The Hall–Kier alpha value is -3.74. The molecular formula is C21H19N5O2. The molecule has 7 heteroatoms. The Morgan fingerprint density at radius 2 is 1.79 bits per heavy atom. The third kappa shape index (κ3) is 3.68. The second-order valence-corrected chi connectivity index (χ2v) is 6.39. The number of amides is 1. The van der Waals surface area contributed by atoms with Crippen molar-refractivity contribution in [2.45, 2.75) is 20.4 Å². The van der Waals surface area contributed by atoms with Crippen molar-refractivity contribution in [2.24, 2.45) is 0 Å². The van der Waals surface area contributed by atoms with Crippen LogP contribution in [-0.4, -0.2) is 25.5 Å². The average Bonchev–Trinajstić information content (AvgIpc) is 3.12. The lowest BCUT2D eigenvalue weighted by atomic mass is 10.2. The van der Waals surface area contributed by atoms with Crippen molar-refractivity contribution in [1.82, 2.24) is 24.9 Å². The molecule has 28 heavy (non-hydrogen) atoms. The van der Waals surface area contributed by atoms with Gasteiger partial charge in [-0.25, -0.2) is 9.50 Å². The minimum atomic E-state index is -0.364. The predicted molar refractivity (Wildman–Crippen MR) is 104 cm³/mol. The summed E-state index contributed by atoms with van der Waals surface area (Å²) in [7, 11) is 0. The number of hydrogen-bond acceptors (Lipinski definition) is 5. The van der Waals surface area contributed by atoms with Gasteiger partial charge >= 0.3 is 0 Å². The summed E-state index contributed by atoms with van der Waals surface area (Å²) in [5.74, 6) is 1.56. The molecule has 0 aliphatic heterocycles. The van der Waals surface area contributed by atoms with Gasteiger partial charge in [0.05, 0.1) is 0 Å². The van der Waals surface area contributed by atoms with Crippen molar-refractivity contribution in [1.29, 1.82) is 0 Å². The molecule has 2 heterocycles. The van der Waals surface area contributed by atoms with Crippen molar-refractivity contribution >= 4 is 11.7 Å². The molecule has 1 N–H and O–H groups in total. The van der Waals surface area contributed by atoms with E-state index in [1.165, 1.54) is 0 Å². The summed E-state index contributed by atoms with van der Waals surface area (Å²) >= 11 is 0. The number of benzene rings is 2. The SMILES string of the molecule is Cc1cc(C)n2nc(C(=O)NCc3ccccc3Oc3ccccc3)nc2n1. The van der Waals surface area contributed by atoms with Gasteiger partial charge in [0, 0.05) is 23.5 Å². The van der Waals surface area contributed by atoms with Gasteiger partial charge in [0.25, 0.3) is 11.7 Å². The van der Waals surface area contributed by atoms with Gasteiger partial charge in [-0.1, -0.05) is 36.4 Å². The Labute approximate surface area is 162 Å². The Morgan fingerprint density at radius 3 is 2.61 bits per heavy atom. The predicted octanol–water partition coefficient (Wildman–Crippen LogP) is 3.46. The molecule has 0 bridgehead atoms. The Kier molecular flexibility index (Phi) is 4.72. The molecule has 140 valence electrons. The van der Waals surface area contributed by atoms with E-state index >= 15 is 0 Å². The highest BCUT2D eigenvalue weighted by Crippen LogP contribution is 2.24. The molecule has 4 rings (SSSR count). The molecule has 0 fully saturated rings. The third-order valence-corrected chi connectivity index (χ3v) is 4.20. The van der Waals surface area contributed by atoms with E-state index in [-0.39, 0.29) is 11.7 Å². The van der Waals surface area contributed by atoms with Crippen molar-refractivity contribution in [3.8, 4) is 11.5 Å². The number of nitrogens with one attached hydrogen (secondary N) is 1. The largest absolute Gasteiger partial charge is 0.457 e. The van der Waals surface area contributed by atoms with Gasteiger partial charge in [-0.3, -0.25) is 4.79 Å². The fourth-order valence-corrected chi connectivity index (χ4v) is 2.88. The lowest BCUT2D eigenvalue weighted by Crippen LogP contribution is -2.24. The van der Waals surface area contributed by atoms with Gasteiger partial charge in [-0.15, -0.1) is 5.10 Å². The van der Waals surface area contributed by atoms with E-state index in [1.54, 1.807) is 4.52 Å². The lowest BCUT2D eigenvalue weighted by Gasteiger charge is -2.11. The molecular weight excluding hydrogens is 354 g/mol. The van der Waals surface area contributed by atoms with E-state index < -0.39 is 0 Å². The standard InChI is InChI=1S/C21H19N5O2/c1-14-12-15(2)26-21(23-14)24-19(25-26)20(27)22-13-16-8-6-7-11-18(16)28-17-9-4-3-5-10-17/h3-12H,13H2,1-2H3,(H,22,27). The quantitative estimate of drug-likeness (QED) is 0.579. The zero-order valence-corrected chi connectivity index (χ0v) is 15.6. The highest BCUT2D eigenvalue weighted by molar-refractivity contribution is 5.90. The maximum absolute atomic E-state index is 12.5. The van der Waals surface area contributed by atoms with Crippen LogP contribution in [0.2, 0.25) is 0 Å². The highest BCUT2D eigenvalue weighted by Gasteiger charge is 2.15.